The highest BCUT2D eigenvalue weighted by molar-refractivity contribution is 6.29. The number of hydrogen-bond acceptors (Lipinski definition) is 4. The van der Waals surface area contributed by atoms with Gasteiger partial charge in [-0.15, -0.1) is 10.2 Å². The zero-order valence-corrected chi connectivity index (χ0v) is 13.1. The highest BCUT2D eigenvalue weighted by Gasteiger charge is 2.34. The van der Waals surface area contributed by atoms with E-state index in [9.17, 15) is 9.18 Å². The molecule has 1 aliphatic carbocycles. The Balaban J connectivity index is 2.13. The van der Waals surface area contributed by atoms with Gasteiger partial charge in [-0.25, -0.2) is 9.18 Å². The summed E-state index contributed by atoms with van der Waals surface area (Å²) in [5, 5.41) is 7.89. The Labute approximate surface area is 128 Å². The fraction of sp³-hybridized carbons (Fsp3) is 0.643. The highest BCUT2D eigenvalue weighted by atomic mass is 35.5. The van der Waals surface area contributed by atoms with E-state index in [1.54, 1.807) is 32.9 Å². The van der Waals surface area contributed by atoms with Gasteiger partial charge in [-0.1, -0.05) is 11.6 Å². The van der Waals surface area contributed by atoms with Crippen molar-refractivity contribution in [2.45, 2.75) is 45.4 Å². The summed E-state index contributed by atoms with van der Waals surface area (Å²) in [4.78, 5) is 13.7. The van der Waals surface area contributed by atoms with Crippen molar-refractivity contribution in [3.63, 3.8) is 0 Å². The van der Waals surface area contributed by atoms with Crippen LogP contribution in [0, 0.1) is 5.92 Å². The lowest BCUT2D eigenvalue weighted by molar-refractivity contribution is 0.0548. The maximum atomic E-state index is 13.0. The van der Waals surface area contributed by atoms with Crippen molar-refractivity contribution >= 4 is 23.5 Å². The first-order valence-electron chi connectivity index (χ1n) is 6.88. The van der Waals surface area contributed by atoms with Gasteiger partial charge in [0.25, 0.3) is 0 Å². The SMILES string of the molecule is CC(C)(C)OC(=O)N(CC1CC(F)C1)c1ccc(Cl)nn1. The molecule has 1 heterocycles. The first kappa shape index (κ1) is 15.9. The fourth-order valence-corrected chi connectivity index (χ4v) is 2.19. The van der Waals surface area contributed by atoms with E-state index < -0.39 is 17.9 Å². The number of hydrogen-bond donors (Lipinski definition) is 0. The standard InChI is InChI=1S/C14H19ClFN3O2/c1-14(2,3)21-13(20)19(8-9-6-10(16)7-9)12-5-4-11(15)17-18-12/h4-5,9-10H,6-8H2,1-3H3. The van der Waals surface area contributed by atoms with Crippen molar-refractivity contribution in [2.75, 3.05) is 11.4 Å². The van der Waals surface area contributed by atoms with E-state index in [0.29, 0.717) is 25.2 Å². The molecule has 0 spiro atoms. The van der Waals surface area contributed by atoms with Gasteiger partial charge in [0.1, 0.15) is 11.8 Å². The average molecular weight is 316 g/mol. The molecule has 0 aromatic carbocycles. The van der Waals surface area contributed by atoms with Crippen LogP contribution in [0.1, 0.15) is 33.6 Å². The summed E-state index contributed by atoms with van der Waals surface area (Å²) in [5.74, 6) is 0.473. The van der Waals surface area contributed by atoms with Crippen molar-refractivity contribution in [2.24, 2.45) is 5.92 Å². The molecule has 5 nitrogen and oxygen atoms in total. The van der Waals surface area contributed by atoms with Crippen molar-refractivity contribution in [3.05, 3.63) is 17.3 Å². The summed E-state index contributed by atoms with van der Waals surface area (Å²) in [6.45, 7) is 5.73. The number of carbonyl (C=O) groups is 1. The third kappa shape index (κ3) is 4.52. The van der Waals surface area contributed by atoms with E-state index in [2.05, 4.69) is 10.2 Å². The number of rotatable bonds is 3. The molecule has 1 aromatic heterocycles. The van der Waals surface area contributed by atoms with Crippen molar-refractivity contribution < 1.29 is 13.9 Å². The lowest BCUT2D eigenvalue weighted by atomic mass is 9.83. The van der Waals surface area contributed by atoms with Crippen LogP contribution in [0.3, 0.4) is 0 Å². The maximum absolute atomic E-state index is 13.0. The van der Waals surface area contributed by atoms with Crippen LogP contribution in [0.25, 0.3) is 0 Å². The molecule has 0 N–H and O–H groups in total. The Morgan fingerprint density at radius 1 is 1.43 bits per heavy atom. The number of aromatic nitrogens is 2. The van der Waals surface area contributed by atoms with Crippen molar-refractivity contribution in [1.82, 2.24) is 10.2 Å². The van der Waals surface area contributed by atoms with Gasteiger partial charge in [-0.05, 0) is 51.7 Å². The van der Waals surface area contributed by atoms with Gasteiger partial charge in [0, 0.05) is 6.54 Å². The molecule has 0 bridgehead atoms. The molecule has 0 atom stereocenters. The van der Waals surface area contributed by atoms with E-state index in [0.717, 1.165) is 0 Å². The number of carbonyl (C=O) groups excluding carboxylic acids is 1. The summed E-state index contributed by atoms with van der Waals surface area (Å²) in [7, 11) is 0. The zero-order chi connectivity index (χ0) is 15.6. The molecule has 1 amide bonds. The molecule has 2 rings (SSSR count). The molecule has 7 heteroatoms. The van der Waals surface area contributed by atoms with Crippen LogP contribution in [-0.4, -0.2) is 34.6 Å². The summed E-state index contributed by atoms with van der Waals surface area (Å²) in [6.07, 6.45) is -0.367. The molecule has 0 radical (unpaired) electrons. The van der Waals surface area contributed by atoms with E-state index in [4.69, 9.17) is 16.3 Å². The van der Waals surface area contributed by atoms with Gasteiger partial charge >= 0.3 is 6.09 Å². The zero-order valence-electron chi connectivity index (χ0n) is 12.3. The van der Waals surface area contributed by atoms with Crippen LogP contribution in [0.5, 0.6) is 0 Å². The smallest absolute Gasteiger partial charge is 0.416 e. The fourth-order valence-electron chi connectivity index (χ4n) is 2.09. The van der Waals surface area contributed by atoms with E-state index in [1.807, 2.05) is 0 Å². The molecule has 0 aliphatic heterocycles. The van der Waals surface area contributed by atoms with Crippen molar-refractivity contribution in [1.29, 1.82) is 0 Å². The van der Waals surface area contributed by atoms with Gasteiger partial charge in [-0.3, -0.25) is 4.90 Å². The minimum absolute atomic E-state index is 0.116. The third-order valence-corrected chi connectivity index (χ3v) is 3.33. The summed E-state index contributed by atoms with van der Waals surface area (Å²) in [5.41, 5.74) is -0.614. The first-order chi connectivity index (χ1) is 9.74. The van der Waals surface area contributed by atoms with Gasteiger partial charge < -0.3 is 4.74 Å². The molecule has 21 heavy (non-hydrogen) atoms. The van der Waals surface area contributed by atoms with Crippen LogP contribution < -0.4 is 4.90 Å². The Hall–Kier alpha value is -1.43. The molecule has 1 fully saturated rings. The van der Waals surface area contributed by atoms with Gasteiger partial charge in [-0.2, -0.15) is 0 Å². The topological polar surface area (TPSA) is 55.3 Å². The van der Waals surface area contributed by atoms with E-state index >= 15 is 0 Å². The first-order valence-corrected chi connectivity index (χ1v) is 7.26. The van der Waals surface area contributed by atoms with Crippen molar-refractivity contribution in [3.8, 4) is 0 Å². The third-order valence-electron chi connectivity index (χ3n) is 3.13. The molecular weight excluding hydrogens is 297 g/mol. The highest BCUT2D eigenvalue weighted by Crippen LogP contribution is 2.32. The maximum Gasteiger partial charge on any atom is 0.416 e. The normalized spacial score (nSPS) is 21.6. The van der Waals surface area contributed by atoms with Gasteiger partial charge in [0.15, 0.2) is 11.0 Å². The lowest BCUT2D eigenvalue weighted by Crippen LogP contribution is -2.43. The summed E-state index contributed by atoms with van der Waals surface area (Å²) in [6, 6.07) is 3.16. The molecular formula is C14H19ClFN3O2. The second-order valence-electron chi connectivity index (χ2n) is 6.24. The number of amides is 1. The number of anilines is 1. The second-order valence-corrected chi connectivity index (χ2v) is 6.63. The van der Waals surface area contributed by atoms with Crippen LogP contribution in [0.4, 0.5) is 15.0 Å². The van der Waals surface area contributed by atoms with Crippen LogP contribution in [0.2, 0.25) is 5.15 Å². The Morgan fingerprint density at radius 3 is 2.57 bits per heavy atom. The Bertz CT molecular complexity index is 498. The number of alkyl halides is 1. The minimum Gasteiger partial charge on any atom is -0.443 e. The molecule has 116 valence electrons. The Morgan fingerprint density at radius 2 is 2.10 bits per heavy atom. The minimum atomic E-state index is -0.771. The predicted octanol–water partition coefficient (Wildman–Crippen LogP) is 3.62. The molecule has 0 unspecified atom stereocenters. The molecule has 0 saturated heterocycles. The number of halogens is 2. The van der Waals surface area contributed by atoms with Crippen LogP contribution >= 0.6 is 11.6 Å². The van der Waals surface area contributed by atoms with Gasteiger partial charge in [0.2, 0.25) is 0 Å². The van der Waals surface area contributed by atoms with Crippen LogP contribution in [0.15, 0.2) is 12.1 Å². The van der Waals surface area contributed by atoms with Gasteiger partial charge in [0.05, 0.1) is 0 Å². The lowest BCUT2D eigenvalue weighted by Gasteiger charge is -2.34. The summed E-state index contributed by atoms with van der Waals surface area (Å²) < 4.78 is 18.3. The average Bonchev–Trinajstić information content (AvgIpc) is 2.32. The number of nitrogens with zero attached hydrogens (tertiary/aromatic N) is 3. The molecule has 1 aromatic rings. The van der Waals surface area contributed by atoms with Crippen LogP contribution in [-0.2, 0) is 4.74 Å². The Kier molecular flexibility index (Phi) is 4.66. The van der Waals surface area contributed by atoms with E-state index in [1.165, 1.54) is 4.90 Å². The molecule has 1 saturated carbocycles. The monoisotopic (exact) mass is 315 g/mol. The quantitative estimate of drug-likeness (QED) is 0.855. The second kappa shape index (κ2) is 6.13. The summed E-state index contributed by atoms with van der Waals surface area (Å²) >= 11 is 5.71. The van der Waals surface area contributed by atoms with E-state index in [-0.39, 0.29) is 11.1 Å². The molecule has 1 aliphatic rings. The predicted molar refractivity (Wildman–Crippen MR) is 78.2 cm³/mol. The number of ether oxygens (including phenoxy) is 1. The largest absolute Gasteiger partial charge is 0.443 e.